The fourth-order valence-electron chi connectivity index (χ4n) is 1.89. The van der Waals surface area contributed by atoms with Crippen molar-refractivity contribution in [2.45, 2.75) is 18.2 Å². The summed E-state index contributed by atoms with van der Waals surface area (Å²) in [5.74, 6) is -0.856. The van der Waals surface area contributed by atoms with Crippen LogP contribution in [0.4, 0.5) is 13.2 Å². The molecule has 1 fully saturated rings. The number of aromatic amines is 1. The smallest absolute Gasteiger partial charge is 0.386 e. The number of alkyl halides is 3. The lowest BCUT2D eigenvalue weighted by Crippen LogP contribution is -2.44. The molecule has 2 rings (SSSR count). The second kappa shape index (κ2) is 5.49. The van der Waals surface area contributed by atoms with Gasteiger partial charge in [0.1, 0.15) is 16.9 Å². The van der Waals surface area contributed by atoms with E-state index >= 15 is 0 Å². The zero-order chi connectivity index (χ0) is 15.7. The van der Waals surface area contributed by atoms with Gasteiger partial charge >= 0.3 is 6.18 Å². The predicted molar refractivity (Wildman–Crippen MR) is 64.8 cm³/mol. The molecule has 1 aromatic heterocycles. The van der Waals surface area contributed by atoms with Crippen LogP contribution in [-0.2, 0) is 10.9 Å². The van der Waals surface area contributed by atoms with Crippen LogP contribution < -0.4 is 10.9 Å². The molecule has 21 heavy (non-hydrogen) atoms. The number of carbonyl (C=O) groups is 1. The maximum Gasteiger partial charge on any atom is 0.431 e. The Bertz CT molecular complexity index is 591. The molecule has 9 heteroatoms. The minimum atomic E-state index is -4.69. The molecule has 0 aromatic carbocycles. The SMILES string of the molecule is O=C(NCC1(O)CCOC1)c1ccc(C(F)(F)F)[nH]c1=O. The number of aliphatic hydroxyl groups is 1. The Labute approximate surface area is 116 Å². The number of carbonyl (C=O) groups excluding carboxylic acids is 1. The minimum absolute atomic E-state index is 0.0522. The van der Waals surface area contributed by atoms with Gasteiger partial charge in [-0.3, -0.25) is 9.59 Å². The first-order valence-corrected chi connectivity index (χ1v) is 6.10. The molecule has 0 bridgehead atoms. The summed E-state index contributed by atoms with van der Waals surface area (Å²) in [7, 11) is 0. The van der Waals surface area contributed by atoms with Gasteiger partial charge in [-0.1, -0.05) is 0 Å². The Morgan fingerprint density at radius 3 is 2.71 bits per heavy atom. The fourth-order valence-corrected chi connectivity index (χ4v) is 1.89. The minimum Gasteiger partial charge on any atom is -0.386 e. The molecule has 1 amide bonds. The lowest BCUT2D eigenvalue weighted by atomic mass is 10.0. The number of rotatable bonds is 3. The van der Waals surface area contributed by atoms with Gasteiger partial charge in [-0.2, -0.15) is 13.2 Å². The van der Waals surface area contributed by atoms with Crippen LogP contribution in [-0.4, -0.2) is 41.4 Å². The molecule has 1 atom stereocenters. The molecule has 1 aromatic rings. The standard InChI is InChI=1S/C12H13F3N2O4/c13-12(14,15)8-2-1-7(10(19)17-8)9(18)16-5-11(20)3-4-21-6-11/h1-2,20H,3-6H2,(H,16,18)(H,17,19). The van der Waals surface area contributed by atoms with E-state index in [1.807, 2.05) is 0 Å². The van der Waals surface area contributed by atoms with Crippen LogP contribution in [0.15, 0.2) is 16.9 Å². The van der Waals surface area contributed by atoms with Gasteiger partial charge < -0.3 is 20.1 Å². The largest absolute Gasteiger partial charge is 0.431 e. The molecule has 6 nitrogen and oxygen atoms in total. The summed E-state index contributed by atoms with van der Waals surface area (Å²) >= 11 is 0. The predicted octanol–water partition coefficient (Wildman–Crippen LogP) is 0.275. The second-order valence-corrected chi connectivity index (χ2v) is 4.82. The number of halogens is 3. The molecule has 1 saturated heterocycles. The third-order valence-corrected chi connectivity index (χ3v) is 3.12. The molecular formula is C12H13F3N2O4. The van der Waals surface area contributed by atoms with Crippen molar-refractivity contribution in [3.05, 3.63) is 33.7 Å². The second-order valence-electron chi connectivity index (χ2n) is 4.82. The molecule has 0 saturated carbocycles. The molecule has 0 aliphatic carbocycles. The summed E-state index contributed by atoms with van der Waals surface area (Å²) in [5.41, 5.74) is -4.04. The highest BCUT2D eigenvalue weighted by molar-refractivity contribution is 5.93. The third-order valence-electron chi connectivity index (χ3n) is 3.12. The van der Waals surface area contributed by atoms with Gasteiger partial charge in [-0.15, -0.1) is 0 Å². The Hall–Kier alpha value is -1.87. The molecule has 0 radical (unpaired) electrons. The molecule has 3 N–H and O–H groups in total. The monoisotopic (exact) mass is 306 g/mol. The van der Waals surface area contributed by atoms with Crippen molar-refractivity contribution in [3.8, 4) is 0 Å². The van der Waals surface area contributed by atoms with Gasteiger partial charge in [0.05, 0.1) is 6.61 Å². The van der Waals surface area contributed by atoms with Gasteiger partial charge in [0, 0.05) is 19.6 Å². The van der Waals surface area contributed by atoms with Gasteiger partial charge in [0.15, 0.2) is 0 Å². The third kappa shape index (κ3) is 3.61. The Morgan fingerprint density at radius 2 is 2.19 bits per heavy atom. The number of hydrogen-bond donors (Lipinski definition) is 3. The number of H-pyrrole nitrogens is 1. The Balaban J connectivity index is 2.08. The number of ether oxygens (including phenoxy) is 1. The van der Waals surface area contributed by atoms with E-state index in [4.69, 9.17) is 4.74 Å². The average molecular weight is 306 g/mol. The van der Waals surface area contributed by atoms with Crippen LogP contribution in [0.3, 0.4) is 0 Å². The van der Waals surface area contributed by atoms with E-state index in [1.165, 1.54) is 0 Å². The van der Waals surface area contributed by atoms with Gasteiger partial charge in [-0.05, 0) is 12.1 Å². The van der Waals surface area contributed by atoms with E-state index in [-0.39, 0.29) is 13.2 Å². The van der Waals surface area contributed by atoms with Crippen molar-refractivity contribution < 1.29 is 27.8 Å². The molecule has 1 aliphatic rings. The number of nitrogens with one attached hydrogen (secondary N) is 2. The van der Waals surface area contributed by atoms with E-state index in [0.717, 1.165) is 6.07 Å². The van der Waals surface area contributed by atoms with Crippen molar-refractivity contribution in [2.75, 3.05) is 19.8 Å². The van der Waals surface area contributed by atoms with E-state index < -0.39 is 34.5 Å². The van der Waals surface area contributed by atoms with Crippen LogP contribution >= 0.6 is 0 Å². The van der Waals surface area contributed by atoms with E-state index in [0.29, 0.717) is 19.1 Å². The fraction of sp³-hybridized carbons (Fsp3) is 0.500. The maximum absolute atomic E-state index is 12.4. The van der Waals surface area contributed by atoms with Crippen LogP contribution in [0.2, 0.25) is 0 Å². The quantitative estimate of drug-likeness (QED) is 0.748. The van der Waals surface area contributed by atoms with Crippen molar-refractivity contribution in [3.63, 3.8) is 0 Å². The van der Waals surface area contributed by atoms with E-state index in [2.05, 4.69) is 5.32 Å². The molecule has 0 spiro atoms. The first kappa shape index (κ1) is 15.5. The molecule has 116 valence electrons. The zero-order valence-electron chi connectivity index (χ0n) is 10.8. The maximum atomic E-state index is 12.4. The molecule has 1 unspecified atom stereocenters. The summed E-state index contributed by atoms with van der Waals surface area (Å²) in [6.45, 7) is 0.260. The van der Waals surface area contributed by atoms with Crippen molar-refractivity contribution in [1.82, 2.24) is 10.3 Å². The highest BCUT2D eigenvalue weighted by Crippen LogP contribution is 2.26. The first-order valence-electron chi connectivity index (χ1n) is 6.10. The van der Waals surface area contributed by atoms with Gasteiger partial charge in [0.2, 0.25) is 0 Å². The highest BCUT2D eigenvalue weighted by atomic mass is 19.4. The van der Waals surface area contributed by atoms with Gasteiger partial charge in [-0.25, -0.2) is 0 Å². The normalized spacial score (nSPS) is 22.3. The first-order chi connectivity index (χ1) is 9.71. The lowest BCUT2D eigenvalue weighted by molar-refractivity contribution is -0.141. The van der Waals surface area contributed by atoms with E-state index in [9.17, 15) is 27.9 Å². The molecule has 2 heterocycles. The Morgan fingerprint density at radius 1 is 1.48 bits per heavy atom. The average Bonchev–Trinajstić information content (AvgIpc) is 2.82. The van der Waals surface area contributed by atoms with Crippen LogP contribution in [0.25, 0.3) is 0 Å². The topological polar surface area (TPSA) is 91.4 Å². The number of amides is 1. The summed E-state index contributed by atoms with van der Waals surface area (Å²) in [6, 6.07) is 1.41. The van der Waals surface area contributed by atoms with Gasteiger partial charge in [0.25, 0.3) is 11.5 Å². The van der Waals surface area contributed by atoms with Crippen molar-refractivity contribution >= 4 is 5.91 Å². The van der Waals surface area contributed by atoms with Crippen LogP contribution in [0.5, 0.6) is 0 Å². The number of aromatic nitrogens is 1. The summed E-state index contributed by atoms with van der Waals surface area (Å²) in [6.07, 6.45) is -4.36. The number of pyridine rings is 1. The summed E-state index contributed by atoms with van der Waals surface area (Å²) < 4.78 is 42.1. The number of hydrogen-bond acceptors (Lipinski definition) is 4. The van der Waals surface area contributed by atoms with Crippen LogP contribution in [0.1, 0.15) is 22.5 Å². The molecule has 1 aliphatic heterocycles. The molecular weight excluding hydrogens is 293 g/mol. The van der Waals surface area contributed by atoms with Crippen LogP contribution in [0, 0.1) is 0 Å². The Kier molecular flexibility index (Phi) is 4.06. The zero-order valence-corrected chi connectivity index (χ0v) is 10.8. The van der Waals surface area contributed by atoms with Crippen molar-refractivity contribution in [2.24, 2.45) is 0 Å². The highest BCUT2D eigenvalue weighted by Gasteiger charge is 2.34. The van der Waals surface area contributed by atoms with Crippen molar-refractivity contribution in [1.29, 1.82) is 0 Å². The summed E-state index contributed by atoms with van der Waals surface area (Å²) in [5, 5.41) is 12.2. The summed E-state index contributed by atoms with van der Waals surface area (Å²) in [4.78, 5) is 24.9. The van der Waals surface area contributed by atoms with E-state index in [1.54, 1.807) is 4.98 Å². The lowest BCUT2D eigenvalue weighted by Gasteiger charge is -2.20.